The molecule has 4 rings (SSSR count). The van der Waals surface area contributed by atoms with E-state index >= 15 is 0 Å². The number of carbonyl (C=O) groups is 1. The van der Waals surface area contributed by atoms with Crippen molar-refractivity contribution in [3.05, 3.63) is 78.2 Å². The van der Waals surface area contributed by atoms with E-state index in [0.29, 0.717) is 37.4 Å². The topological polar surface area (TPSA) is 67.3 Å². The number of alkyl halides is 3. The number of pyridine rings is 2. The Bertz CT molecular complexity index is 1090. The largest absolute Gasteiger partial charge is 0.489 e. The summed E-state index contributed by atoms with van der Waals surface area (Å²) in [6, 6.07) is 13.0. The minimum absolute atomic E-state index is 0.131. The number of nitrogens with one attached hydrogen (secondary N) is 1. The molecular weight excluding hydrogens is 433 g/mol. The van der Waals surface area contributed by atoms with E-state index in [2.05, 4.69) is 15.3 Å². The van der Waals surface area contributed by atoms with Crippen molar-refractivity contribution in [3.8, 4) is 5.75 Å². The fourth-order valence-electron chi connectivity index (χ4n) is 3.81. The van der Waals surface area contributed by atoms with Crippen LogP contribution < -0.4 is 15.0 Å². The van der Waals surface area contributed by atoms with E-state index in [9.17, 15) is 18.0 Å². The maximum absolute atomic E-state index is 13.4. The number of nitrogens with zero attached hydrogens (tertiary/aromatic N) is 3. The van der Waals surface area contributed by atoms with Crippen LogP contribution in [0.2, 0.25) is 0 Å². The third-order valence-corrected chi connectivity index (χ3v) is 5.41. The maximum Gasteiger partial charge on any atom is 0.419 e. The third kappa shape index (κ3) is 5.79. The molecule has 1 aromatic carbocycles. The highest BCUT2D eigenvalue weighted by Crippen LogP contribution is 2.36. The van der Waals surface area contributed by atoms with Crippen LogP contribution in [0.15, 0.2) is 67.1 Å². The molecule has 0 saturated carbocycles. The lowest BCUT2D eigenvalue weighted by atomic mass is 9.96. The summed E-state index contributed by atoms with van der Waals surface area (Å²) >= 11 is 0. The Hall–Kier alpha value is -3.62. The maximum atomic E-state index is 13.4. The first kappa shape index (κ1) is 22.6. The predicted octanol–water partition coefficient (Wildman–Crippen LogP) is 4.93. The number of piperidine rings is 1. The molecule has 1 N–H and O–H groups in total. The molecule has 0 spiro atoms. The van der Waals surface area contributed by atoms with E-state index in [-0.39, 0.29) is 18.3 Å². The number of hydrogen-bond acceptors (Lipinski definition) is 5. The second-order valence-corrected chi connectivity index (χ2v) is 7.82. The number of carbonyl (C=O) groups excluding carboxylic acids is 1. The SMILES string of the molecule is O=C(Nc1cccc(OCc2cccnc2)c1)C1CCCN(c2ncccc2C(F)(F)F)C1. The van der Waals surface area contributed by atoms with Crippen LogP contribution in [0.25, 0.3) is 0 Å². The van der Waals surface area contributed by atoms with E-state index in [4.69, 9.17) is 4.74 Å². The van der Waals surface area contributed by atoms with Crippen molar-refractivity contribution < 1.29 is 22.7 Å². The van der Waals surface area contributed by atoms with Gasteiger partial charge in [0.25, 0.3) is 0 Å². The van der Waals surface area contributed by atoms with E-state index < -0.39 is 17.7 Å². The molecule has 1 aliphatic heterocycles. The van der Waals surface area contributed by atoms with Crippen molar-refractivity contribution in [1.29, 1.82) is 0 Å². The van der Waals surface area contributed by atoms with E-state index in [1.807, 2.05) is 12.1 Å². The van der Waals surface area contributed by atoms with Crippen LogP contribution in [0, 0.1) is 5.92 Å². The molecule has 1 unspecified atom stereocenters. The molecule has 1 saturated heterocycles. The van der Waals surface area contributed by atoms with Gasteiger partial charge in [0.1, 0.15) is 18.2 Å². The van der Waals surface area contributed by atoms with Crippen molar-refractivity contribution in [2.24, 2.45) is 5.92 Å². The Morgan fingerprint density at radius 1 is 1.15 bits per heavy atom. The number of rotatable bonds is 6. The van der Waals surface area contributed by atoms with Gasteiger partial charge >= 0.3 is 6.18 Å². The number of ether oxygens (including phenoxy) is 1. The predicted molar refractivity (Wildman–Crippen MR) is 118 cm³/mol. The lowest BCUT2D eigenvalue weighted by molar-refractivity contribution is -0.137. The van der Waals surface area contributed by atoms with E-state index in [1.165, 1.54) is 12.3 Å². The highest BCUT2D eigenvalue weighted by Gasteiger charge is 2.37. The molecule has 33 heavy (non-hydrogen) atoms. The summed E-state index contributed by atoms with van der Waals surface area (Å²) in [6.45, 7) is 0.930. The highest BCUT2D eigenvalue weighted by molar-refractivity contribution is 5.93. The Morgan fingerprint density at radius 3 is 2.79 bits per heavy atom. The monoisotopic (exact) mass is 456 g/mol. The van der Waals surface area contributed by atoms with Crippen LogP contribution >= 0.6 is 0 Å². The van der Waals surface area contributed by atoms with Crippen molar-refractivity contribution >= 4 is 17.4 Å². The average Bonchev–Trinajstić information content (AvgIpc) is 2.83. The number of anilines is 2. The summed E-state index contributed by atoms with van der Waals surface area (Å²) in [5.41, 5.74) is 0.695. The molecule has 6 nitrogen and oxygen atoms in total. The van der Waals surface area contributed by atoms with Gasteiger partial charge in [0, 0.05) is 49.0 Å². The van der Waals surface area contributed by atoms with Gasteiger partial charge < -0.3 is 15.0 Å². The standard InChI is InChI=1S/C24H23F3N4O2/c25-24(26,27)21-9-3-11-29-22(21)31-12-4-6-18(15-31)23(32)30-19-7-1-8-20(13-19)33-16-17-5-2-10-28-14-17/h1-3,5,7-11,13-14,18H,4,6,12,15-16H2,(H,30,32). The lowest BCUT2D eigenvalue weighted by Crippen LogP contribution is -2.42. The molecule has 3 aromatic rings. The zero-order chi connectivity index (χ0) is 23.3. The molecule has 9 heteroatoms. The second kappa shape index (κ2) is 9.89. The quantitative estimate of drug-likeness (QED) is 0.570. The Labute approximate surface area is 189 Å². The van der Waals surface area contributed by atoms with E-state index in [0.717, 1.165) is 11.6 Å². The van der Waals surface area contributed by atoms with Gasteiger partial charge in [-0.1, -0.05) is 12.1 Å². The van der Waals surface area contributed by atoms with Crippen LogP contribution in [0.4, 0.5) is 24.7 Å². The van der Waals surface area contributed by atoms with Gasteiger partial charge in [-0.25, -0.2) is 4.98 Å². The van der Waals surface area contributed by atoms with Gasteiger partial charge in [-0.05, 0) is 43.2 Å². The summed E-state index contributed by atoms with van der Waals surface area (Å²) in [5.74, 6) is -0.242. The molecule has 1 fully saturated rings. The second-order valence-electron chi connectivity index (χ2n) is 7.82. The molecule has 1 amide bonds. The summed E-state index contributed by atoms with van der Waals surface area (Å²) in [4.78, 5) is 22.4. The summed E-state index contributed by atoms with van der Waals surface area (Å²) in [5, 5.41) is 2.87. The van der Waals surface area contributed by atoms with Crippen LogP contribution in [-0.4, -0.2) is 29.0 Å². The smallest absolute Gasteiger partial charge is 0.419 e. The summed E-state index contributed by atoms with van der Waals surface area (Å²) < 4.78 is 45.9. The lowest BCUT2D eigenvalue weighted by Gasteiger charge is -2.34. The highest BCUT2D eigenvalue weighted by atomic mass is 19.4. The number of hydrogen-bond donors (Lipinski definition) is 1. The van der Waals surface area contributed by atoms with Gasteiger partial charge in [-0.15, -0.1) is 0 Å². The summed E-state index contributed by atoms with van der Waals surface area (Å²) in [6.07, 6.45) is 1.42. The van der Waals surface area contributed by atoms with Crippen LogP contribution in [0.5, 0.6) is 5.75 Å². The normalized spacial score (nSPS) is 16.3. The summed E-state index contributed by atoms with van der Waals surface area (Å²) in [7, 11) is 0. The first-order chi connectivity index (χ1) is 15.9. The average molecular weight is 456 g/mol. The zero-order valence-corrected chi connectivity index (χ0v) is 17.8. The van der Waals surface area contributed by atoms with Gasteiger partial charge in [0.15, 0.2) is 0 Å². The third-order valence-electron chi connectivity index (χ3n) is 5.41. The van der Waals surface area contributed by atoms with Gasteiger partial charge in [0.2, 0.25) is 5.91 Å². The van der Waals surface area contributed by atoms with Crippen molar-refractivity contribution in [3.63, 3.8) is 0 Å². The molecule has 0 radical (unpaired) electrons. The molecule has 2 aromatic heterocycles. The number of amides is 1. The van der Waals surface area contributed by atoms with Gasteiger partial charge in [0.05, 0.1) is 11.5 Å². The van der Waals surface area contributed by atoms with Gasteiger partial charge in [-0.3, -0.25) is 9.78 Å². The number of benzene rings is 1. The van der Waals surface area contributed by atoms with Crippen LogP contribution in [0.3, 0.4) is 0 Å². The molecular formula is C24H23F3N4O2. The molecule has 172 valence electrons. The Kier molecular flexibility index (Phi) is 6.76. The first-order valence-electron chi connectivity index (χ1n) is 10.6. The number of aromatic nitrogens is 2. The molecule has 1 atom stereocenters. The molecule has 0 bridgehead atoms. The van der Waals surface area contributed by atoms with E-state index in [1.54, 1.807) is 41.6 Å². The van der Waals surface area contributed by atoms with Crippen LogP contribution in [-0.2, 0) is 17.6 Å². The fourth-order valence-corrected chi connectivity index (χ4v) is 3.81. The molecule has 1 aliphatic rings. The van der Waals surface area contributed by atoms with Gasteiger partial charge in [-0.2, -0.15) is 13.2 Å². The number of halogens is 3. The zero-order valence-electron chi connectivity index (χ0n) is 17.8. The van der Waals surface area contributed by atoms with Crippen molar-refractivity contribution in [2.45, 2.75) is 25.6 Å². The minimum atomic E-state index is -4.50. The molecule has 0 aliphatic carbocycles. The van der Waals surface area contributed by atoms with Crippen molar-refractivity contribution in [1.82, 2.24) is 9.97 Å². The fraction of sp³-hybridized carbons (Fsp3) is 0.292. The van der Waals surface area contributed by atoms with Crippen molar-refractivity contribution in [2.75, 3.05) is 23.3 Å². The molecule has 3 heterocycles. The van der Waals surface area contributed by atoms with Crippen LogP contribution in [0.1, 0.15) is 24.0 Å². The first-order valence-corrected chi connectivity index (χ1v) is 10.6. The Morgan fingerprint density at radius 2 is 2.00 bits per heavy atom. The Balaban J connectivity index is 1.40. The minimum Gasteiger partial charge on any atom is -0.489 e.